The number of esters is 1. The van der Waals surface area contributed by atoms with Crippen LogP contribution in [0.5, 0.6) is 11.5 Å². The molecule has 4 nitrogen and oxygen atoms in total. The Kier molecular flexibility index (Phi) is 6.47. The zero-order valence-electron chi connectivity index (χ0n) is 15.2. The fourth-order valence-corrected chi connectivity index (χ4v) is 2.45. The maximum atomic E-state index is 12.1. The Bertz CT molecular complexity index is 829. The van der Waals surface area contributed by atoms with E-state index >= 15 is 0 Å². The quantitative estimate of drug-likeness (QED) is 0.541. The Labute approximate surface area is 159 Å². The van der Waals surface area contributed by atoms with E-state index in [4.69, 9.17) is 14.2 Å². The van der Waals surface area contributed by atoms with Crippen LogP contribution in [0.4, 0.5) is 0 Å². The van der Waals surface area contributed by atoms with Crippen molar-refractivity contribution in [2.24, 2.45) is 0 Å². The third kappa shape index (κ3) is 5.89. The molecule has 3 aromatic rings. The van der Waals surface area contributed by atoms with Crippen molar-refractivity contribution in [2.45, 2.75) is 26.2 Å². The number of carbonyl (C=O) groups excluding carboxylic acids is 1. The summed E-state index contributed by atoms with van der Waals surface area (Å²) in [6.45, 7) is 2.41. The van der Waals surface area contributed by atoms with Crippen molar-refractivity contribution >= 4 is 5.97 Å². The van der Waals surface area contributed by atoms with Crippen molar-refractivity contribution in [3.05, 3.63) is 96.1 Å². The van der Waals surface area contributed by atoms with E-state index in [-0.39, 0.29) is 6.61 Å². The Balaban J connectivity index is 1.46. The Morgan fingerprint density at radius 2 is 1.26 bits per heavy atom. The maximum absolute atomic E-state index is 12.1. The van der Waals surface area contributed by atoms with E-state index in [1.54, 1.807) is 19.1 Å². The molecule has 0 aliphatic heterocycles. The van der Waals surface area contributed by atoms with Crippen LogP contribution in [-0.2, 0) is 22.7 Å². The smallest absolute Gasteiger partial charge is 0.347 e. The van der Waals surface area contributed by atoms with E-state index in [2.05, 4.69) is 0 Å². The molecule has 0 saturated heterocycles. The molecule has 3 rings (SSSR count). The van der Waals surface area contributed by atoms with Crippen LogP contribution < -0.4 is 9.47 Å². The van der Waals surface area contributed by atoms with Crippen LogP contribution in [0, 0.1) is 0 Å². The van der Waals surface area contributed by atoms with Crippen LogP contribution >= 0.6 is 0 Å². The lowest BCUT2D eigenvalue weighted by molar-refractivity contribution is -0.152. The largest absolute Gasteiger partial charge is 0.489 e. The minimum atomic E-state index is -0.690. The first-order valence-corrected chi connectivity index (χ1v) is 8.85. The van der Waals surface area contributed by atoms with Gasteiger partial charge < -0.3 is 14.2 Å². The predicted octanol–water partition coefficient (Wildman–Crippen LogP) is 4.78. The molecular weight excluding hydrogens is 340 g/mol. The molecule has 1 atom stereocenters. The summed E-state index contributed by atoms with van der Waals surface area (Å²) < 4.78 is 16.7. The van der Waals surface area contributed by atoms with Crippen molar-refractivity contribution in [2.75, 3.05) is 0 Å². The molecule has 1 unspecified atom stereocenters. The van der Waals surface area contributed by atoms with Crippen molar-refractivity contribution in [3.8, 4) is 11.5 Å². The highest BCUT2D eigenvalue weighted by atomic mass is 16.6. The fraction of sp³-hybridized carbons (Fsp3) is 0.174. The monoisotopic (exact) mass is 362 g/mol. The minimum absolute atomic E-state index is 0.236. The lowest BCUT2D eigenvalue weighted by Gasteiger charge is -2.14. The summed E-state index contributed by atoms with van der Waals surface area (Å²) in [6.07, 6.45) is -0.690. The van der Waals surface area contributed by atoms with Crippen molar-refractivity contribution in [1.29, 1.82) is 0 Å². The first-order chi connectivity index (χ1) is 13.2. The molecular formula is C23H22O4. The molecule has 0 fully saturated rings. The third-order valence-electron chi connectivity index (χ3n) is 3.94. The van der Waals surface area contributed by atoms with Gasteiger partial charge in [-0.05, 0) is 42.3 Å². The molecule has 0 aliphatic carbocycles. The van der Waals surface area contributed by atoms with E-state index in [0.29, 0.717) is 12.4 Å². The number of hydrogen-bond donors (Lipinski definition) is 0. The second-order valence-corrected chi connectivity index (χ2v) is 6.10. The average Bonchev–Trinajstić information content (AvgIpc) is 2.73. The van der Waals surface area contributed by atoms with Crippen molar-refractivity contribution in [1.82, 2.24) is 0 Å². The average molecular weight is 362 g/mol. The zero-order valence-corrected chi connectivity index (χ0v) is 15.2. The maximum Gasteiger partial charge on any atom is 0.347 e. The SMILES string of the molecule is CC(Oc1ccc(OCc2ccccc2)cc1)C(=O)OCc1ccccc1. The van der Waals surface area contributed by atoms with Gasteiger partial charge in [-0.25, -0.2) is 4.79 Å². The van der Waals surface area contributed by atoms with E-state index in [1.165, 1.54) is 0 Å². The summed E-state index contributed by atoms with van der Waals surface area (Å²) in [5.41, 5.74) is 2.05. The molecule has 0 aliphatic rings. The summed E-state index contributed by atoms with van der Waals surface area (Å²) in [7, 11) is 0. The van der Waals surface area contributed by atoms with Gasteiger partial charge in [-0.15, -0.1) is 0 Å². The van der Waals surface area contributed by atoms with E-state index in [1.807, 2.05) is 72.8 Å². The molecule has 0 saturated carbocycles. The second kappa shape index (κ2) is 9.43. The van der Waals surface area contributed by atoms with Crippen LogP contribution in [0.3, 0.4) is 0 Å². The van der Waals surface area contributed by atoms with Gasteiger partial charge in [-0.3, -0.25) is 0 Å². The number of ether oxygens (including phenoxy) is 3. The van der Waals surface area contributed by atoms with Crippen LogP contribution in [-0.4, -0.2) is 12.1 Å². The molecule has 4 heteroatoms. The molecule has 0 amide bonds. The van der Waals surface area contributed by atoms with Crippen molar-refractivity contribution in [3.63, 3.8) is 0 Å². The highest BCUT2D eigenvalue weighted by Gasteiger charge is 2.16. The topological polar surface area (TPSA) is 44.8 Å². The highest BCUT2D eigenvalue weighted by molar-refractivity contribution is 5.74. The van der Waals surface area contributed by atoms with Crippen molar-refractivity contribution < 1.29 is 19.0 Å². The lowest BCUT2D eigenvalue weighted by atomic mass is 10.2. The second-order valence-electron chi connectivity index (χ2n) is 6.10. The van der Waals surface area contributed by atoms with E-state index in [0.717, 1.165) is 16.9 Å². The van der Waals surface area contributed by atoms with Crippen LogP contribution in [0.25, 0.3) is 0 Å². The Morgan fingerprint density at radius 3 is 1.85 bits per heavy atom. The van der Waals surface area contributed by atoms with E-state index in [9.17, 15) is 4.79 Å². The van der Waals surface area contributed by atoms with E-state index < -0.39 is 12.1 Å². The molecule has 0 radical (unpaired) electrons. The summed E-state index contributed by atoms with van der Waals surface area (Å²) in [5.74, 6) is 0.931. The first kappa shape index (κ1) is 18.5. The van der Waals surface area contributed by atoms with Crippen LogP contribution in [0.1, 0.15) is 18.1 Å². The van der Waals surface area contributed by atoms with Gasteiger partial charge >= 0.3 is 5.97 Å². The lowest BCUT2D eigenvalue weighted by Crippen LogP contribution is -2.26. The number of hydrogen-bond acceptors (Lipinski definition) is 4. The summed E-state index contributed by atoms with van der Waals surface area (Å²) in [4.78, 5) is 12.1. The van der Waals surface area contributed by atoms with Gasteiger partial charge in [0.1, 0.15) is 24.7 Å². The standard InChI is InChI=1S/C23H22O4/c1-18(23(24)26-17-20-10-6-3-7-11-20)27-22-14-12-21(13-15-22)25-16-19-8-4-2-5-9-19/h2-15,18H,16-17H2,1H3. The molecule has 0 spiro atoms. The molecule has 3 aromatic carbocycles. The predicted molar refractivity (Wildman–Crippen MR) is 104 cm³/mol. The number of benzene rings is 3. The minimum Gasteiger partial charge on any atom is -0.489 e. The van der Waals surface area contributed by atoms with Gasteiger partial charge in [-0.1, -0.05) is 60.7 Å². The molecule has 0 aromatic heterocycles. The van der Waals surface area contributed by atoms with Gasteiger partial charge in [-0.2, -0.15) is 0 Å². The Hall–Kier alpha value is -3.27. The molecule has 138 valence electrons. The van der Waals surface area contributed by atoms with Gasteiger partial charge in [0.25, 0.3) is 0 Å². The van der Waals surface area contributed by atoms with Crippen LogP contribution in [0.15, 0.2) is 84.9 Å². The zero-order chi connectivity index (χ0) is 18.9. The Morgan fingerprint density at radius 1 is 0.741 bits per heavy atom. The van der Waals surface area contributed by atoms with Gasteiger partial charge in [0.2, 0.25) is 0 Å². The summed E-state index contributed by atoms with van der Waals surface area (Å²) in [5, 5.41) is 0. The summed E-state index contributed by atoms with van der Waals surface area (Å²) in [6, 6.07) is 26.7. The molecule has 0 bridgehead atoms. The van der Waals surface area contributed by atoms with Gasteiger partial charge in [0.15, 0.2) is 6.10 Å². The number of rotatable bonds is 8. The van der Waals surface area contributed by atoms with Gasteiger partial charge in [0, 0.05) is 0 Å². The molecule has 27 heavy (non-hydrogen) atoms. The molecule has 0 N–H and O–H groups in total. The van der Waals surface area contributed by atoms with Gasteiger partial charge in [0.05, 0.1) is 0 Å². The molecule has 0 heterocycles. The summed E-state index contributed by atoms with van der Waals surface area (Å²) >= 11 is 0. The van der Waals surface area contributed by atoms with Crippen LogP contribution in [0.2, 0.25) is 0 Å². The number of carbonyl (C=O) groups is 1. The highest BCUT2D eigenvalue weighted by Crippen LogP contribution is 2.20. The third-order valence-corrected chi connectivity index (χ3v) is 3.94. The normalized spacial score (nSPS) is 11.4. The fourth-order valence-electron chi connectivity index (χ4n) is 2.45. The first-order valence-electron chi connectivity index (χ1n) is 8.85.